The number of nitrogens with one attached hydrogen (secondary N) is 1. The van der Waals surface area contributed by atoms with Crippen LogP contribution in [0.3, 0.4) is 0 Å². The van der Waals surface area contributed by atoms with Crippen LogP contribution in [0, 0.1) is 6.92 Å². The van der Waals surface area contributed by atoms with Gasteiger partial charge in [-0.3, -0.25) is 9.59 Å². The van der Waals surface area contributed by atoms with Gasteiger partial charge in [0.1, 0.15) is 5.69 Å². The van der Waals surface area contributed by atoms with Gasteiger partial charge >= 0.3 is 0 Å². The van der Waals surface area contributed by atoms with Crippen LogP contribution in [0.5, 0.6) is 0 Å². The molecule has 0 atom stereocenters. The Morgan fingerprint density at radius 2 is 2.00 bits per heavy atom. The fraction of sp³-hybridized carbons (Fsp3) is 0.211. The fourth-order valence-electron chi connectivity index (χ4n) is 2.73. The zero-order chi connectivity index (χ0) is 18.0. The van der Waals surface area contributed by atoms with E-state index in [-0.39, 0.29) is 11.5 Å². The van der Waals surface area contributed by atoms with E-state index in [1.165, 1.54) is 4.57 Å². The van der Waals surface area contributed by atoms with E-state index in [1.807, 2.05) is 24.3 Å². The monoisotopic (exact) mass is 355 g/mol. The van der Waals surface area contributed by atoms with Gasteiger partial charge in [0.2, 0.25) is 0 Å². The lowest BCUT2D eigenvalue weighted by atomic mass is 10.1. The highest BCUT2D eigenvalue weighted by Crippen LogP contribution is 2.15. The smallest absolute Gasteiger partial charge is 0.272 e. The molecule has 1 N–H and O–H groups in total. The number of amides is 1. The summed E-state index contributed by atoms with van der Waals surface area (Å²) in [5.74, 6) is -0.178. The molecule has 0 bridgehead atoms. The van der Waals surface area contributed by atoms with E-state index in [1.54, 1.807) is 32.2 Å². The summed E-state index contributed by atoms with van der Waals surface area (Å²) in [6.45, 7) is 2.15. The van der Waals surface area contributed by atoms with E-state index in [0.29, 0.717) is 40.3 Å². The van der Waals surface area contributed by atoms with Crippen molar-refractivity contribution in [2.45, 2.75) is 13.3 Å². The Labute approximate surface area is 150 Å². The number of fused-ring (bicyclic) bond motifs is 1. The summed E-state index contributed by atoms with van der Waals surface area (Å²) < 4.78 is 1.54. The minimum atomic E-state index is -0.178. The Bertz CT molecular complexity index is 1010. The normalized spacial score (nSPS) is 10.8. The molecular weight excluding hydrogens is 338 g/mol. The molecule has 1 amide bonds. The lowest BCUT2D eigenvalue weighted by Crippen LogP contribution is -2.26. The van der Waals surface area contributed by atoms with Crippen molar-refractivity contribution in [2.24, 2.45) is 7.05 Å². The number of carbonyl (C=O) groups is 1. The zero-order valence-corrected chi connectivity index (χ0v) is 14.8. The van der Waals surface area contributed by atoms with Gasteiger partial charge in [-0.25, -0.2) is 4.98 Å². The van der Waals surface area contributed by atoms with E-state index < -0.39 is 0 Å². The quantitative estimate of drug-likeness (QED) is 0.782. The standard InChI is InChI=1S/C19H18ClN3O2/c1-12-19(25)23(2)17-8-7-14(11-16(17)22-12)18(24)21-10-9-13-5-3-4-6-15(13)20/h3-8,11H,9-10H2,1-2H3,(H,21,24). The molecule has 3 rings (SSSR count). The third-order valence-corrected chi connectivity index (χ3v) is 4.51. The SMILES string of the molecule is Cc1nc2cc(C(=O)NCCc3ccccc3Cl)ccc2n(C)c1=O. The molecule has 25 heavy (non-hydrogen) atoms. The number of benzene rings is 2. The van der Waals surface area contributed by atoms with Crippen LogP contribution < -0.4 is 10.9 Å². The molecule has 0 aliphatic heterocycles. The average Bonchev–Trinajstić information content (AvgIpc) is 2.61. The van der Waals surface area contributed by atoms with Crippen LogP contribution in [-0.2, 0) is 13.5 Å². The Morgan fingerprint density at radius 3 is 2.76 bits per heavy atom. The molecule has 0 aliphatic rings. The predicted molar refractivity (Wildman–Crippen MR) is 99.2 cm³/mol. The minimum Gasteiger partial charge on any atom is -0.352 e. The van der Waals surface area contributed by atoms with Gasteiger partial charge in [0.15, 0.2) is 0 Å². The Balaban J connectivity index is 1.75. The number of rotatable bonds is 4. The van der Waals surface area contributed by atoms with Crippen molar-refractivity contribution in [3.63, 3.8) is 0 Å². The fourth-order valence-corrected chi connectivity index (χ4v) is 2.96. The third-order valence-electron chi connectivity index (χ3n) is 4.14. The summed E-state index contributed by atoms with van der Waals surface area (Å²) in [6.07, 6.45) is 0.658. The molecule has 0 saturated carbocycles. The lowest BCUT2D eigenvalue weighted by Gasteiger charge is -2.09. The number of nitrogens with zero attached hydrogens (tertiary/aromatic N) is 2. The maximum atomic E-state index is 12.4. The maximum absolute atomic E-state index is 12.4. The molecule has 0 saturated heterocycles. The third kappa shape index (κ3) is 3.56. The second kappa shape index (κ2) is 7.07. The average molecular weight is 356 g/mol. The highest BCUT2D eigenvalue weighted by atomic mass is 35.5. The zero-order valence-electron chi connectivity index (χ0n) is 14.0. The van der Waals surface area contributed by atoms with Crippen molar-refractivity contribution in [1.29, 1.82) is 0 Å². The van der Waals surface area contributed by atoms with Crippen LogP contribution in [0.25, 0.3) is 11.0 Å². The Kier molecular flexibility index (Phi) is 4.86. The molecule has 1 aromatic heterocycles. The van der Waals surface area contributed by atoms with Crippen LogP contribution in [-0.4, -0.2) is 22.0 Å². The van der Waals surface area contributed by atoms with E-state index in [2.05, 4.69) is 10.3 Å². The molecule has 0 spiro atoms. The molecular formula is C19H18ClN3O2. The highest BCUT2D eigenvalue weighted by molar-refractivity contribution is 6.31. The van der Waals surface area contributed by atoms with E-state index in [9.17, 15) is 9.59 Å². The first-order chi connectivity index (χ1) is 12.0. The summed E-state index contributed by atoms with van der Waals surface area (Å²) in [6, 6.07) is 12.7. The Hall–Kier alpha value is -2.66. The summed E-state index contributed by atoms with van der Waals surface area (Å²) in [4.78, 5) is 28.6. The van der Waals surface area contributed by atoms with Crippen molar-refractivity contribution in [2.75, 3.05) is 6.54 Å². The minimum absolute atomic E-state index is 0.135. The first-order valence-electron chi connectivity index (χ1n) is 7.96. The number of aromatic nitrogens is 2. The molecule has 0 unspecified atom stereocenters. The first-order valence-corrected chi connectivity index (χ1v) is 8.34. The van der Waals surface area contributed by atoms with Gasteiger partial charge in [-0.05, 0) is 43.2 Å². The number of hydrogen-bond donors (Lipinski definition) is 1. The second-order valence-corrected chi connectivity index (χ2v) is 6.27. The topological polar surface area (TPSA) is 64.0 Å². The summed E-state index contributed by atoms with van der Waals surface area (Å²) >= 11 is 6.12. The summed E-state index contributed by atoms with van der Waals surface area (Å²) in [5.41, 5.74) is 3.10. The van der Waals surface area contributed by atoms with Crippen molar-refractivity contribution in [3.05, 3.63) is 74.7 Å². The van der Waals surface area contributed by atoms with E-state index in [4.69, 9.17) is 11.6 Å². The lowest BCUT2D eigenvalue weighted by molar-refractivity contribution is 0.0954. The molecule has 0 aliphatic carbocycles. The molecule has 128 valence electrons. The van der Waals surface area contributed by atoms with Crippen molar-refractivity contribution in [1.82, 2.24) is 14.9 Å². The number of carbonyl (C=O) groups excluding carboxylic acids is 1. The van der Waals surface area contributed by atoms with Gasteiger partial charge in [-0.2, -0.15) is 0 Å². The van der Waals surface area contributed by atoms with Crippen LogP contribution in [0.2, 0.25) is 5.02 Å². The second-order valence-electron chi connectivity index (χ2n) is 5.86. The van der Waals surface area contributed by atoms with Crippen LogP contribution in [0.4, 0.5) is 0 Å². The molecule has 2 aromatic carbocycles. The van der Waals surface area contributed by atoms with Crippen molar-refractivity contribution < 1.29 is 4.79 Å². The van der Waals surface area contributed by atoms with Crippen molar-refractivity contribution >= 4 is 28.5 Å². The molecule has 0 radical (unpaired) electrons. The van der Waals surface area contributed by atoms with Gasteiger partial charge in [0, 0.05) is 24.2 Å². The van der Waals surface area contributed by atoms with E-state index >= 15 is 0 Å². The largest absolute Gasteiger partial charge is 0.352 e. The molecule has 5 nitrogen and oxygen atoms in total. The molecule has 6 heteroatoms. The summed E-state index contributed by atoms with van der Waals surface area (Å²) in [5, 5.41) is 3.58. The van der Waals surface area contributed by atoms with E-state index in [0.717, 1.165) is 5.56 Å². The van der Waals surface area contributed by atoms with Gasteiger partial charge in [-0.1, -0.05) is 29.8 Å². The predicted octanol–water partition coefficient (Wildman–Crippen LogP) is 2.87. The number of aryl methyl sites for hydroxylation is 2. The first kappa shape index (κ1) is 17.2. The highest BCUT2D eigenvalue weighted by Gasteiger charge is 2.10. The summed E-state index contributed by atoms with van der Waals surface area (Å²) in [7, 11) is 1.70. The van der Waals surface area contributed by atoms with Crippen LogP contribution in [0.1, 0.15) is 21.6 Å². The molecule has 0 fully saturated rings. The van der Waals surface area contributed by atoms with Gasteiger partial charge in [0.05, 0.1) is 11.0 Å². The number of hydrogen-bond acceptors (Lipinski definition) is 3. The molecule has 3 aromatic rings. The maximum Gasteiger partial charge on any atom is 0.272 e. The van der Waals surface area contributed by atoms with Crippen LogP contribution in [0.15, 0.2) is 47.3 Å². The van der Waals surface area contributed by atoms with Crippen LogP contribution >= 0.6 is 11.6 Å². The van der Waals surface area contributed by atoms with Gasteiger partial charge in [0.25, 0.3) is 11.5 Å². The Morgan fingerprint density at radius 1 is 1.24 bits per heavy atom. The molecule has 1 heterocycles. The van der Waals surface area contributed by atoms with Crippen molar-refractivity contribution in [3.8, 4) is 0 Å². The van der Waals surface area contributed by atoms with Gasteiger partial charge < -0.3 is 9.88 Å². The van der Waals surface area contributed by atoms with Gasteiger partial charge in [-0.15, -0.1) is 0 Å². The number of halogens is 1.